The summed E-state index contributed by atoms with van der Waals surface area (Å²) < 4.78 is 7.08. The number of hydrogen-bond acceptors (Lipinski definition) is 5. The van der Waals surface area contributed by atoms with Gasteiger partial charge in [-0.05, 0) is 83.0 Å². The zero-order valence-electron chi connectivity index (χ0n) is 24.2. The summed E-state index contributed by atoms with van der Waals surface area (Å²) in [5, 5.41) is 1.46. The normalized spacial score (nSPS) is 17.1. The van der Waals surface area contributed by atoms with Crippen LogP contribution in [0.5, 0.6) is 5.75 Å². The van der Waals surface area contributed by atoms with Crippen LogP contribution in [0.25, 0.3) is 21.2 Å². The van der Waals surface area contributed by atoms with Gasteiger partial charge in [0.1, 0.15) is 10.6 Å². The number of benzene rings is 3. The average molecular weight is 589 g/mol. The molecular weight excluding hydrogens is 552 g/mol. The van der Waals surface area contributed by atoms with E-state index in [1.807, 2.05) is 72.5 Å². The molecule has 0 unspecified atom stereocenters. The summed E-state index contributed by atoms with van der Waals surface area (Å²) in [7, 11) is 4.27. The van der Waals surface area contributed by atoms with E-state index in [4.69, 9.17) is 16.3 Å². The van der Waals surface area contributed by atoms with Gasteiger partial charge in [0.05, 0.1) is 11.6 Å². The molecular formula is C34H37ClN2O3S. The number of nitrogens with zero attached hydrogens (tertiary/aromatic N) is 2. The molecule has 0 aliphatic heterocycles. The highest BCUT2D eigenvalue weighted by Gasteiger charge is 2.33. The Balaban J connectivity index is 1.52. The summed E-state index contributed by atoms with van der Waals surface area (Å²) in [6, 6.07) is 22.4. The highest BCUT2D eigenvalue weighted by molar-refractivity contribution is 7.21. The minimum Gasteiger partial charge on any atom is -0.494 e. The van der Waals surface area contributed by atoms with Crippen molar-refractivity contribution in [2.75, 3.05) is 20.7 Å². The lowest BCUT2D eigenvalue weighted by Crippen LogP contribution is -2.44. The van der Waals surface area contributed by atoms with Gasteiger partial charge in [0.15, 0.2) is 5.78 Å². The minimum atomic E-state index is -0.0248. The molecule has 3 aromatic carbocycles. The van der Waals surface area contributed by atoms with Crippen LogP contribution >= 0.6 is 22.9 Å². The van der Waals surface area contributed by atoms with E-state index < -0.39 is 0 Å². The molecule has 1 aromatic heterocycles. The summed E-state index contributed by atoms with van der Waals surface area (Å²) in [6.07, 6.45) is 3.96. The number of ketones is 1. The first-order valence-corrected chi connectivity index (χ1v) is 15.5. The Labute approximate surface area is 251 Å². The van der Waals surface area contributed by atoms with Crippen LogP contribution < -0.4 is 4.74 Å². The van der Waals surface area contributed by atoms with Gasteiger partial charge in [0.2, 0.25) is 0 Å². The van der Waals surface area contributed by atoms with Crippen LogP contribution in [0, 0.1) is 0 Å². The second-order valence-corrected chi connectivity index (χ2v) is 12.4. The van der Waals surface area contributed by atoms with Crippen molar-refractivity contribution in [3.05, 3.63) is 87.8 Å². The summed E-state index contributed by atoms with van der Waals surface area (Å²) in [6.45, 7) is 4.50. The smallest absolute Gasteiger partial charge is 0.266 e. The number of hydrogen-bond donors (Lipinski definition) is 0. The van der Waals surface area contributed by atoms with Gasteiger partial charge in [-0.15, -0.1) is 11.3 Å². The van der Waals surface area contributed by atoms with Crippen LogP contribution in [0.15, 0.2) is 66.7 Å². The van der Waals surface area contributed by atoms with E-state index in [9.17, 15) is 9.59 Å². The number of ether oxygens (including phenoxy) is 1. The number of rotatable bonds is 9. The molecule has 41 heavy (non-hydrogen) atoms. The third-order valence-electron chi connectivity index (χ3n) is 8.15. The van der Waals surface area contributed by atoms with E-state index in [1.54, 1.807) is 6.92 Å². The third-order valence-corrected chi connectivity index (χ3v) is 9.82. The monoisotopic (exact) mass is 588 g/mol. The minimum absolute atomic E-state index is 0.0248. The number of amides is 1. The molecule has 1 amide bonds. The highest BCUT2D eigenvalue weighted by Crippen LogP contribution is 2.38. The highest BCUT2D eigenvalue weighted by atomic mass is 35.5. The Kier molecular flexibility index (Phi) is 9.12. The average Bonchev–Trinajstić information content (AvgIpc) is 3.32. The first-order chi connectivity index (χ1) is 19.8. The molecule has 0 atom stereocenters. The number of carbonyl (C=O) groups is 2. The summed E-state index contributed by atoms with van der Waals surface area (Å²) in [4.78, 5) is 31.1. The molecule has 5 nitrogen and oxygen atoms in total. The van der Waals surface area contributed by atoms with Gasteiger partial charge in [0, 0.05) is 39.8 Å². The van der Waals surface area contributed by atoms with Crippen molar-refractivity contribution in [3.63, 3.8) is 0 Å². The standard InChI is InChI=1S/C34H37ClN2O3S/c1-5-40-30-19-14-25(24-12-10-23(11-13-24)22(2)38)20-26(30)21-37(28-17-15-27(16-18-28)36(3)4)34(39)33-32(35)29-8-6-7-9-31(29)41-33/h6-14,19-20,27-28H,5,15-18,21H2,1-4H3. The number of halogens is 1. The molecule has 7 heteroatoms. The quantitative estimate of drug-likeness (QED) is 0.184. The maximum atomic E-state index is 14.3. The van der Waals surface area contributed by atoms with Gasteiger partial charge in [-0.2, -0.15) is 0 Å². The largest absolute Gasteiger partial charge is 0.494 e. The lowest BCUT2D eigenvalue weighted by molar-refractivity contribution is 0.0572. The molecule has 1 aliphatic rings. The zero-order valence-corrected chi connectivity index (χ0v) is 25.7. The Morgan fingerprint density at radius 2 is 1.59 bits per heavy atom. The molecule has 0 N–H and O–H groups in total. The van der Waals surface area contributed by atoms with Gasteiger partial charge in [0.25, 0.3) is 5.91 Å². The van der Waals surface area contributed by atoms with Gasteiger partial charge in [-0.3, -0.25) is 9.59 Å². The van der Waals surface area contributed by atoms with E-state index in [0.29, 0.717) is 34.7 Å². The van der Waals surface area contributed by atoms with Crippen LogP contribution in [0.1, 0.15) is 65.1 Å². The number of fused-ring (bicyclic) bond motifs is 1. The van der Waals surface area contributed by atoms with Crippen LogP contribution in [-0.2, 0) is 6.54 Å². The fraction of sp³-hybridized carbons (Fsp3) is 0.353. The maximum absolute atomic E-state index is 14.3. The van der Waals surface area contributed by atoms with Crippen molar-refractivity contribution < 1.29 is 14.3 Å². The molecule has 0 radical (unpaired) electrons. The topological polar surface area (TPSA) is 49.9 Å². The van der Waals surface area contributed by atoms with Crippen molar-refractivity contribution in [2.45, 2.75) is 58.2 Å². The molecule has 1 saturated carbocycles. The van der Waals surface area contributed by atoms with E-state index >= 15 is 0 Å². The first kappa shape index (κ1) is 29.3. The zero-order chi connectivity index (χ0) is 29.1. The molecule has 1 heterocycles. The molecule has 0 bridgehead atoms. The number of Topliss-reactive ketones (excluding diaryl/α,β-unsaturated/α-hetero) is 1. The van der Waals surface area contributed by atoms with E-state index in [2.05, 4.69) is 25.1 Å². The van der Waals surface area contributed by atoms with Gasteiger partial charge >= 0.3 is 0 Å². The SMILES string of the molecule is CCOc1ccc(-c2ccc(C(C)=O)cc2)cc1CN(C(=O)c1sc2ccccc2c1Cl)C1CCC(N(C)C)CC1. The van der Waals surface area contributed by atoms with Gasteiger partial charge in [-0.1, -0.05) is 60.1 Å². The Morgan fingerprint density at radius 1 is 0.927 bits per heavy atom. The molecule has 214 valence electrons. The summed E-state index contributed by atoms with van der Waals surface area (Å²) >= 11 is 8.30. The molecule has 1 aliphatic carbocycles. The maximum Gasteiger partial charge on any atom is 0.266 e. The predicted octanol–water partition coefficient (Wildman–Crippen LogP) is 8.34. The summed E-state index contributed by atoms with van der Waals surface area (Å²) in [5.74, 6) is 0.795. The molecule has 0 saturated heterocycles. The van der Waals surface area contributed by atoms with Crippen molar-refractivity contribution in [1.82, 2.24) is 9.80 Å². The number of thiophene rings is 1. The fourth-order valence-electron chi connectivity index (χ4n) is 5.79. The van der Waals surface area contributed by atoms with Crippen molar-refractivity contribution in [1.29, 1.82) is 0 Å². The predicted molar refractivity (Wildman–Crippen MR) is 169 cm³/mol. The lowest BCUT2D eigenvalue weighted by atomic mass is 9.89. The third kappa shape index (κ3) is 6.35. The van der Waals surface area contributed by atoms with Crippen molar-refractivity contribution >= 4 is 44.7 Å². The molecule has 4 aromatic rings. The van der Waals surface area contributed by atoms with Crippen LogP contribution in [-0.4, -0.2) is 54.3 Å². The fourth-order valence-corrected chi connectivity index (χ4v) is 7.26. The molecule has 1 fully saturated rings. The van der Waals surface area contributed by atoms with Gasteiger partial charge < -0.3 is 14.5 Å². The Morgan fingerprint density at radius 3 is 2.22 bits per heavy atom. The number of carbonyl (C=O) groups excluding carboxylic acids is 2. The molecule has 0 spiro atoms. The van der Waals surface area contributed by atoms with E-state index in [1.165, 1.54) is 11.3 Å². The lowest BCUT2D eigenvalue weighted by Gasteiger charge is -2.39. The van der Waals surface area contributed by atoms with Gasteiger partial charge in [-0.25, -0.2) is 0 Å². The van der Waals surface area contributed by atoms with E-state index in [-0.39, 0.29) is 17.7 Å². The Hall–Kier alpha value is -3.19. The second kappa shape index (κ2) is 12.8. The van der Waals surface area contributed by atoms with Crippen LogP contribution in [0.3, 0.4) is 0 Å². The van der Waals surface area contributed by atoms with Crippen molar-refractivity contribution in [2.24, 2.45) is 0 Å². The summed E-state index contributed by atoms with van der Waals surface area (Å²) in [5.41, 5.74) is 3.67. The first-order valence-electron chi connectivity index (χ1n) is 14.3. The second-order valence-electron chi connectivity index (χ2n) is 11.0. The Bertz CT molecular complexity index is 1540. The van der Waals surface area contributed by atoms with Crippen LogP contribution in [0.2, 0.25) is 5.02 Å². The van der Waals surface area contributed by atoms with E-state index in [0.717, 1.165) is 58.2 Å². The van der Waals surface area contributed by atoms with Crippen molar-refractivity contribution in [3.8, 4) is 16.9 Å². The molecule has 5 rings (SSSR count). The van der Waals surface area contributed by atoms with Crippen LogP contribution in [0.4, 0.5) is 0 Å².